The quantitative estimate of drug-likeness (QED) is 0.377. The van der Waals surface area contributed by atoms with Gasteiger partial charge in [-0.15, -0.1) is 0 Å². The minimum absolute atomic E-state index is 0.0365. The number of anilines is 1. The smallest absolute Gasteiger partial charge is 0.329 e. The Morgan fingerprint density at radius 1 is 1.32 bits per heavy atom. The summed E-state index contributed by atoms with van der Waals surface area (Å²) in [4.78, 5) is 13.8. The van der Waals surface area contributed by atoms with Crippen molar-refractivity contribution in [3.05, 3.63) is 23.5 Å². The minimum Gasteiger partial charge on any atom is -0.464 e. The Bertz CT molecular complexity index is 461. The third-order valence-electron chi connectivity index (χ3n) is 2.07. The van der Waals surface area contributed by atoms with Crippen molar-refractivity contribution in [2.24, 2.45) is 0 Å². The van der Waals surface area contributed by atoms with E-state index in [4.69, 9.17) is 0 Å². The summed E-state index contributed by atoms with van der Waals surface area (Å²) in [6.07, 6.45) is 0. The van der Waals surface area contributed by atoms with Crippen molar-refractivity contribution in [1.29, 1.82) is 0 Å². The van der Waals surface area contributed by atoms with Gasteiger partial charge >= 0.3 is 5.97 Å². The largest absolute Gasteiger partial charge is 0.464 e. The zero-order valence-corrected chi connectivity index (χ0v) is 10.6. The molecule has 1 aromatic heterocycles. The Morgan fingerprint density at radius 3 is 2.26 bits per heavy atom. The molecule has 0 saturated heterocycles. The van der Waals surface area contributed by atoms with E-state index < -0.39 is 41.2 Å². The third-order valence-corrected chi connectivity index (χ3v) is 2.43. The van der Waals surface area contributed by atoms with Crippen LogP contribution < -0.4 is 5.32 Å². The van der Waals surface area contributed by atoms with Gasteiger partial charge in [0.05, 0.1) is 6.61 Å². The summed E-state index contributed by atoms with van der Waals surface area (Å²) >= 11 is 3.79. The fourth-order valence-electron chi connectivity index (χ4n) is 1.21. The van der Waals surface area contributed by atoms with Gasteiger partial charge in [0.1, 0.15) is 11.7 Å². The lowest BCUT2D eigenvalue weighted by Crippen LogP contribution is -2.34. The number of carbonyl (C=O) groups is 1. The highest BCUT2D eigenvalue weighted by Crippen LogP contribution is 2.23. The highest BCUT2D eigenvalue weighted by atomic mass is 32.1. The third kappa shape index (κ3) is 3.49. The number of hydrogen-bond donors (Lipinski definition) is 2. The number of halogens is 4. The molecule has 0 fully saturated rings. The van der Waals surface area contributed by atoms with Crippen LogP contribution in [-0.2, 0) is 9.53 Å². The average Bonchev–Trinajstić information content (AvgIpc) is 2.37. The van der Waals surface area contributed by atoms with E-state index in [0.717, 1.165) is 0 Å². The number of pyridine rings is 1. The molecule has 0 spiro atoms. The number of aromatic nitrogens is 1. The Kier molecular flexibility index (Phi) is 5.40. The molecular weight excluding hydrogens is 288 g/mol. The van der Waals surface area contributed by atoms with Gasteiger partial charge in [-0.1, -0.05) is 0 Å². The fraction of sp³-hybridized carbons (Fsp3) is 0.400. The molecule has 1 heterocycles. The Hall–Kier alpha value is -1.51. The van der Waals surface area contributed by atoms with E-state index in [1.165, 1.54) is 6.92 Å². The molecule has 19 heavy (non-hydrogen) atoms. The molecule has 1 aromatic rings. The number of hydrogen-bond acceptors (Lipinski definition) is 5. The van der Waals surface area contributed by atoms with Crippen LogP contribution in [0.4, 0.5) is 23.2 Å². The molecule has 0 amide bonds. The maximum atomic E-state index is 13.3. The summed E-state index contributed by atoms with van der Waals surface area (Å²) in [6, 6.07) is -1.26. The molecule has 106 valence electrons. The lowest BCUT2D eigenvalue weighted by atomic mass is 10.3. The number of nitrogens with one attached hydrogen (secondary N) is 1. The van der Waals surface area contributed by atoms with Gasteiger partial charge in [-0.25, -0.2) is 4.79 Å². The molecule has 0 aliphatic rings. The van der Waals surface area contributed by atoms with Crippen molar-refractivity contribution >= 4 is 24.3 Å². The summed E-state index contributed by atoms with van der Waals surface area (Å²) < 4.78 is 56.9. The number of carbonyl (C=O) groups excluding carboxylic acids is 1. The first-order valence-corrected chi connectivity index (χ1v) is 5.79. The molecule has 1 unspecified atom stereocenters. The summed E-state index contributed by atoms with van der Waals surface area (Å²) in [5.41, 5.74) is -1.13. The van der Waals surface area contributed by atoms with Crippen LogP contribution in [-0.4, -0.2) is 29.4 Å². The average molecular weight is 298 g/mol. The number of thiol groups is 1. The lowest BCUT2D eigenvalue weighted by molar-refractivity contribution is -0.143. The fourth-order valence-corrected chi connectivity index (χ4v) is 1.45. The van der Waals surface area contributed by atoms with Gasteiger partial charge in [-0.05, 0) is 6.92 Å². The maximum absolute atomic E-state index is 13.3. The van der Waals surface area contributed by atoms with Gasteiger partial charge in [-0.2, -0.15) is 35.2 Å². The Labute approximate surface area is 111 Å². The highest BCUT2D eigenvalue weighted by Gasteiger charge is 2.26. The standard InChI is InChI=1S/C10H10F4N2O2S/c1-2-18-10(17)4(3-19)15-7-5(11)8(13)16-9(14)6(7)12/h4,19H,2-3H2,1H3,(H,15,16). The van der Waals surface area contributed by atoms with Crippen LogP contribution in [0.1, 0.15) is 6.92 Å². The number of rotatable bonds is 5. The highest BCUT2D eigenvalue weighted by molar-refractivity contribution is 7.80. The predicted molar refractivity (Wildman–Crippen MR) is 62.0 cm³/mol. The topological polar surface area (TPSA) is 51.2 Å². The van der Waals surface area contributed by atoms with E-state index in [1.807, 2.05) is 5.32 Å². The summed E-state index contributed by atoms with van der Waals surface area (Å²) in [5, 5.41) is 2.01. The molecule has 1 atom stereocenters. The van der Waals surface area contributed by atoms with Crippen molar-refractivity contribution in [3.8, 4) is 0 Å². The van der Waals surface area contributed by atoms with E-state index in [2.05, 4.69) is 22.3 Å². The van der Waals surface area contributed by atoms with E-state index >= 15 is 0 Å². The normalized spacial score (nSPS) is 12.1. The van der Waals surface area contributed by atoms with Gasteiger partial charge in [0.2, 0.25) is 11.6 Å². The van der Waals surface area contributed by atoms with E-state index in [1.54, 1.807) is 0 Å². The maximum Gasteiger partial charge on any atom is 0.329 e. The van der Waals surface area contributed by atoms with Crippen LogP contribution >= 0.6 is 12.6 Å². The Morgan fingerprint density at radius 2 is 1.84 bits per heavy atom. The number of nitrogens with zero attached hydrogens (tertiary/aromatic N) is 1. The first-order valence-electron chi connectivity index (χ1n) is 5.16. The summed E-state index contributed by atoms with van der Waals surface area (Å²) in [6.45, 7) is 1.56. The molecule has 1 rings (SSSR count). The SMILES string of the molecule is CCOC(=O)C(CS)Nc1c(F)c(F)nc(F)c1F. The van der Waals surface area contributed by atoms with Crippen molar-refractivity contribution in [1.82, 2.24) is 4.98 Å². The number of ether oxygens (including phenoxy) is 1. The molecule has 0 aliphatic carbocycles. The van der Waals surface area contributed by atoms with Gasteiger partial charge in [0, 0.05) is 5.75 Å². The molecular formula is C10H10F4N2O2S. The van der Waals surface area contributed by atoms with Crippen LogP contribution in [0, 0.1) is 23.5 Å². The number of esters is 1. The molecule has 4 nitrogen and oxygen atoms in total. The molecule has 0 bridgehead atoms. The molecule has 9 heteroatoms. The second kappa shape index (κ2) is 6.60. The summed E-state index contributed by atoms with van der Waals surface area (Å²) in [7, 11) is 0. The van der Waals surface area contributed by atoms with Crippen molar-refractivity contribution in [3.63, 3.8) is 0 Å². The van der Waals surface area contributed by atoms with E-state index in [-0.39, 0.29) is 12.4 Å². The monoisotopic (exact) mass is 298 g/mol. The predicted octanol–water partition coefficient (Wildman–Crippen LogP) is 1.91. The van der Waals surface area contributed by atoms with Crippen LogP contribution in [0.5, 0.6) is 0 Å². The van der Waals surface area contributed by atoms with Crippen molar-refractivity contribution < 1.29 is 27.1 Å². The summed E-state index contributed by atoms with van der Waals surface area (Å²) in [5.74, 6) is -8.13. The molecule has 0 aliphatic heterocycles. The first kappa shape index (κ1) is 15.5. The minimum atomic E-state index is -1.82. The first-order chi connectivity index (χ1) is 8.92. The molecule has 0 radical (unpaired) electrons. The van der Waals surface area contributed by atoms with Gasteiger partial charge in [-0.3, -0.25) is 0 Å². The van der Waals surface area contributed by atoms with Gasteiger partial charge in [0.15, 0.2) is 0 Å². The molecule has 0 aromatic carbocycles. The lowest BCUT2D eigenvalue weighted by Gasteiger charge is -2.17. The zero-order chi connectivity index (χ0) is 14.6. The molecule has 0 saturated carbocycles. The zero-order valence-electron chi connectivity index (χ0n) is 9.71. The van der Waals surface area contributed by atoms with Crippen LogP contribution in [0.15, 0.2) is 0 Å². The van der Waals surface area contributed by atoms with E-state index in [9.17, 15) is 22.4 Å². The van der Waals surface area contributed by atoms with Crippen LogP contribution in [0.25, 0.3) is 0 Å². The molecule has 1 N–H and O–H groups in total. The van der Waals surface area contributed by atoms with Crippen molar-refractivity contribution in [2.45, 2.75) is 13.0 Å². The van der Waals surface area contributed by atoms with Crippen LogP contribution in [0.2, 0.25) is 0 Å². The second-order valence-corrected chi connectivity index (χ2v) is 3.69. The van der Waals surface area contributed by atoms with Crippen LogP contribution in [0.3, 0.4) is 0 Å². The second-order valence-electron chi connectivity index (χ2n) is 3.33. The van der Waals surface area contributed by atoms with Gasteiger partial charge < -0.3 is 10.1 Å². The van der Waals surface area contributed by atoms with Gasteiger partial charge in [0.25, 0.3) is 11.9 Å². The van der Waals surface area contributed by atoms with E-state index in [0.29, 0.717) is 0 Å². The van der Waals surface area contributed by atoms with Crippen molar-refractivity contribution in [2.75, 3.05) is 17.7 Å². The Balaban J connectivity index is 3.07.